The van der Waals surface area contributed by atoms with Gasteiger partial charge in [-0.15, -0.1) is 11.3 Å². The van der Waals surface area contributed by atoms with Crippen molar-refractivity contribution >= 4 is 28.4 Å². The molecule has 3 N–H and O–H groups in total. The first-order valence-corrected chi connectivity index (χ1v) is 8.09. The Balaban J connectivity index is 1.83. The average Bonchev–Trinajstić information content (AvgIpc) is 3.11. The average molecular weight is 322 g/mol. The molecule has 0 atom stereocenters. The third-order valence-corrected chi connectivity index (χ3v) is 4.50. The van der Waals surface area contributed by atoms with E-state index in [9.17, 15) is 0 Å². The molecule has 23 heavy (non-hydrogen) atoms. The summed E-state index contributed by atoms with van der Waals surface area (Å²) in [6.45, 7) is 4.10. The first-order valence-electron chi connectivity index (χ1n) is 7.21. The predicted octanol–water partition coefficient (Wildman–Crippen LogP) is 5.09. The molecule has 0 aliphatic heterocycles. The minimum atomic E-state index is 0.694. The van der Waals surface area contributed by atoms with E-state index in [2.05, 4.69) is 29.4 Å². The minimum absolute atomic E-state index is 0.694. The van der Waals surface area contributed by atoms with E-state index in [-0.39, 0.29) is 0 Å². The normalized spacial score (nSPS) is 10.3. The summed E-state index contributed by atoms with van der Waals surface area (Å²) >= 11 is 1.71. The van der Waals surface area contributed by atoms with Gasteiger partial charge in [0.2, 0.25) is 0 Å². The molecular weight excluding hydrogens is 304 g/mol. The van der Waals surface area contributed by atoms with Gasteiger partial charge in [0.25, 0.3) is 0 Å². The maximum Gasteiger partial charge on any atom is 0.118 e. The number of rotatable bonds is 5. The van der Waals surface area contributed by atoms with Crippen molar-refractivity contribution in [2.45, 2.75) is 0 Å². The fourth-order valence-corrected chi connectivity index (χ4v) is 3.01. The molecule has 4 heteroatoms. The van der Waals surface area contributed by atoms with E-state index in [0.29, 0.717) is 5.69 Å². The number of benzene rings is 2. The molecular formula is C19H18N2OS. The first-order chi connectivity index (χ1) is 11.2. The lowest BCUT2D eigenvalue weighted by molar-refractivity contribution is 0.415. The number of hydrogen-bond acceptors (Lipinski definition) is 4. The summed E-state index contributed by atoms with van der Waals surface area (Å²) in [5.74, 6) is 0.820. The number of thiophene rings is 1. The van der Waals surface area contributed by atoms with Crippen LogP contribution in [0.4, 0.5) is 11.4 Å². The number of ether oxygens (including phenoxy) is 1. The van der Waals surface area contributed by atoms with Crippen LogP contribution in [0.5, 0.6) is 5.75 Å². The van der Waals surface area contributed by atoms with Gasteiger partial charge in [0.1, 0.15) is 5.75 Å². The van der Waals surface area contributed by atoms with E-state index in [4.69, 9.17) is 10.5 Å². The minimum Gasteiger partial charge on any atom is -0.497 e. The van der Waals surface area contributed by atoms with Gasteiger partial charge in [-0.25, -0.2) is 0 Å². The molecule has 0 saturated heterocycles. The molecule has 0 fully saturated rings. The molecule has 1 aromatic heterocycles. The largest absolute Gasteiger partial charge is 0.497 e. The fraction of sp³-hybridized carbons (Fsp3) is 0.0526. The van der Waals surface area contributed by atoms with Crippen molar-refractivity contribution in [3.8, 4) is 16.2 Å². The molecule has 0 aliphatic carbocycles. The topological polar surface area (TPSA) is 47.3 Å². The Morgan fingerprint density at radius 1 is 1.13 bits per heavy atom. The first kappa shape index (κ1) is 15.2. The quantitative estimate of drug-likeness (QED) is 0.643. The summed E-state index contributed by atoms with van der Waals surface area (Å²) in [6, 6.07) is 17.9. The highest BCUT2D eigenvalue weighted by molar-refractivity contribution is 7.13. The van der Waals surface area contributed by atoms with Crippen LogP contribution in [0.25, 0.3) is 16.1 Å². The van der Waals surface area contributed by atoms with Gasteiger partial charge >= 0.3 is 0 Å². The van der Waals surface area contributed by atoms with Gasteiger partial charge in [0, 0.05) is 10.6 Å². The van der Waals surface area contributed by atoms with Gasteiger partial charge in [0.05, 0.1) is 18.5 Å². The molecule has 1 heterocycles. The summed E-state index contributed by atoms with van der Waals surface area (Å²) in [5.41, 5.74) is 10.6. The smallest absolute Gasteiger partial charge is 0.118 e. The lowest BCUT2D eigenvalue weighted by Crippen LogP contribution is -2.01. The van der Waals surface area contributed by atoms with E-state index < -0.39 is 0 Å². The van der Waals surface area contributed by atoms with E-state index in [1.165, 1.54) is 4.88 Å². The Labute approximate surface area is 140 Å². The second-order valence-corrected chi connectivity index (χ2v) is 6.06. The zero-order valence-corrected chi connectivity index (χ0v) is 13.7. The molecule has 3 aromatic rings. The highest BCUT2D eigenvalue weighted by Gasteiger charge is 2.06. The predicted molar refractivity (Wildman–Crippen MR) is 99.8 cm³/mol. The summed E-state index contributed by atoms with van der Waals surface area (Å²) in [5, 5.41) is 5.38. The summed E-state index contributed by atoms with van der Waals surface area (Å²) in [4.78, 5) is 1.21. The maximum absolute atomic E-state index is 6.09. The molecule has 0 aliphatic rings. The molecule has 0 amide bonds. The van der Waals surface area contributed by atoms with Crippen LogP contribution in [0.3, 0.4) is 0 Å². The van der Waals surface area contributed by atoms with Gasteiger partial charge in [-0.2, -0.15) is 0 Å². The summed E-state index contributed by atoms with van der Waals surface area (Å²) in [6.07, 6.45) is 0. The molecule has 0 spiro atoms. The van der Waals surface area contributed by atoms with Crippen molar-refractivity contribution in [2.75, 3.05) is 18.2 Å². The molecule has 2 aromatic carbocycles. The van der Waals surface area contributed by atoms with E-state index in [1.54, 1.807) is 18.4 Å². The Morgan fingerprint density at radius 2 is 1.91 bits per heavy atom. The molecule has 3 nitrogen and oxygen atoms in total. The Hall–Kier alpha value is -2.72. The fourth-order valence-electron chi connectivity index (χ4n) is 2.29. The standard InChI is InChI=1S/C19H18N2OS/c1-13(14-5-8-16(22-2)9-6-14)21-18-12-15(7-10-17(18)20)19-4-3-11-23-19/h3-12,21H,1,20H2,2H3. The monoisotopic (exact) mass is 322 g/mol. The van der Waals surface area contributed by atoms with Crippen LogP contribution in [0.15, 0.2) is 66.6 Å². The molecule has 3 rings (SSSR count). The van der Waals surface area contributed by atoms with Crippen LogP contribution in [-0.2, 0) is 0 Å². The Morgan fingerprint density at radius 3 is 2.57 bits per heavy atom. The third-order valence-electron chi connectivity index (χ3n) is 3.58. The van der Waals surface area contributed by atoms with Crippen LogP contribution >= 0.6 is 11.3 Å². The van der Waals surface area contributed by atoms with E-state index >= 15 is 0 Å². The van der Waals surface area contributed by atoms with Crippen molar-refractivity contribution in [3.05, 3.63) is 72.1 Å². The number of anilines is 2. The van der Waals surface area contributed by atoms with Crippen LogP contribution in [-0.4, -0.2) is 7.11 Å². The Kier molecular flexibility index (Phi) is 4.35. The highest BCUT2D eigenvalue weighted by Crippen LogP contribution is 2.31. The van der Waals surface area contributed by atoms with Crippen LogP contribution in [0.2, 0.25) is 0 Å². The van der Waals surface area contributed by atoms with Crippen molar-refractivity contribution in [2.24, 2.45) is 0 Å². The van der Waals surface area contributed by atoms with E-state index in [1.807, 2.05) is 42.5 Å². The zero-order chi connectivity index (χ0) is 16.2. The molecule has 0 radical (unpaired) electrons. The SMILES string of the molecule is C=C(Nc1cc(-c2cccs2)ccc1N)c1ccc(OC)cc1. The summed E-state index contributed by atoms with van der Waals surface area (Å²) < 4.78 is 5.17. The number of nitrogens with one attached hydrogen (secondary N) is 1. The molecule has 0 bridgehead atoms. The number of methoxy groups -OCH3 is 1. The number of nitrogen functional groups attached to an aromatic ring is 1. The second kappa shape index (κ2) is 6.58. The number of nitrogens with two attached hydrogens (primary N) is 1. The zero-order valence-electron chi connectivity index (χ0n) is 12.9. The summed E-state index contributed by atoms with van der Waals surface area (Å²) in [7, 11) is 1.65. The second-order valence-electron chi connectivity index (χ2n) is 5.11. The molecule has 0 unspecified atom stereocenters. The van der Waals surface area contributed by atoms with Gasteiger partial charge in [-0.3, -0.25) is 0 Å². The maximum atomic E-state index is 6.09. The van der Waals surface area contributed by atoms with E-state index in [0.717, 1.165) is 28.3 Å². The van der Waals surface area contributed by atoms with Crippen molar-refractivity contribution < 1.29 is 4.74 Å². The molecule has 0 saturated carbocycles. The Bertz CT molecular complexity index is 808. The molecule has 116 valence electrons. The van der Waals surface area contributed by atoms with Crippen molar-refractivity contribution in [3.63, 3.8) is 0 Å². The van der Waals surface area contributed by atoms with Crippen molar-refractivity contribution in [1.82, 2.24) is 0 Å². The van der Waals surface area contributed by atoms with Crippen LogP contribution < -0.4 is 15.8 Å². The van der Waals surface area contributed by atoms with Gasteiger partial charge < -0.3 is 15.8 Å². The van der Waals surface area contributed by atoms with Crippen molar-refractivity contribution in [1.29, 1.82) is 0 Å². The van der Waals surface area contributed by atoms with Gasteiger partial charge in [-0.05, 0) is 59.0 Å². The highest BCUT2D eigenvalue weighted by atomic mass is 32.1. The van der Waals surface area contributed by atoms with Crippen LogP contribution in [0.1, 0.15) is 5.56 Å². The van der Waals surface area contributed by atoms with Gasteiger partial charge in [-0.1, -0.05) is 18.7 Å². The number of hydrogen-bond donors (Lipinski definition) is 2. The van der Waals surface area contributed by atoms with Crippen LogP contribution in [0, 0.1) is 0 Å². The lowest BCUT2D eigenvalue weighted by atomic mass is 10.1. The third kappa shape index (κ3) is 3.38. The van der Waals surface area contributed by atoms with Gasteiger partial charge in [0.15, 0.2) is 0 Å². The lowest BCUT2D eigenvalue weighted by Gasteiger charge is -2.13.